The zero-order valence-corrected chi connectivity index (χ0v) is 13.5. The highest BCUT2D eigenvalue weighted by molar-refractivity contribution is 5.92. The van der Waals surface area contributed by atoms with Gasteiger partial charge in [-0.3, -0.25) is 9.20 Å². The number of likely N-dealkylation sites (tertiary alicyclic amines) is 1. The molecule has 1 aliphatic rings. The molecule has 1 aromatic carbocycles. The molecule has 126 valence electrons. The summed E-state index contributed by atoms with van der Waals surface area (Å²) >= 11 is 0. The van der Waals surface area contributed by atoms with Crippen LogP contribution in [-0.4, -0.2) is 31.9 Å². The largest absolute Gasteiger partial charge is 0.329 e. The van der Waals surface area contributed by atoms with Gasteiger partial charge >= 0.3 is 0 Å². The fourth-order valence-electron chi connectivity index (χ4n) is 3.25. The Labute approximate surface area is 144 Å². The zero-order chi connectivity index (χ0) is 17.2. The number of pyridine rings is 1. The van der Waals surface area contributed by atoms with Gasteiger partial charge < -0.3 is 4.90 Å². The molecule has 1 amide bonds. The van der Waals surface area contributed by atoms with E-state index in [-0.39, 0.29) is 17.8 Å². The van der Waals surface area contributed by atoms with Gasteiger partial charge in [0.2, 0.25) is 5.91 Å². The molecule has 0 radical (unpaired) electrons. The minimum absolute atomic E-state index is 0.116. The van der Waals surface area contributed by atoms with Crippen LogP contribution in [0.1, 0.15) is 30.3 Å². The SMILES string of the molecule is O=C(/C=C/c1ccccc1F)N1CCC[C@@H]1c1nnc2ccccn12. The summed E-state index contributed by atoms with van der Waals surface area (Å²) in [5.74, 6) is 0.284. The lowest BCUT2D eigenvalue weighted by molar-refractivity contribution is -0.127. The first kappa shape index (κ1) is 15.5. The molecule has 0 bridgehead atoms. The summed E-state index contributed by atoms with van der Waals surface area (Å²) in [5, 5.41) is 8.45. The van der Waals surface area contributed by atoms with Crippen LogP contribution in [0, 0.1) is 5.82 Å². The number of halogens is 1. The van der Waals surface area contributed by atoms with Gasteiger partial charge in [0.1, 0.15) is 5.82 Å². The molecular formula is C19H17FN4O. The predicted octanol–water partition coefficient (Wildman–Crippen LogP) is 3.25. The highest BCUT2D eigenvalue weighted by atomic mass is 19.1. The highest BCUT2D eigenvalue weighted by Gasteiger charge is 2.32. The molecule has 1 fully saturated rings. The Morgan fingerprint density at radius 2 is 2.00 bits per heavy atom. The minimum Gasteiger partial charge on any atom is -0.329 e. The van der Waals surface area contributed by atoms with Gasteiger partial charge in [0.15, 0.2) is 11.5 Å². The van der Waals surface area contributed by atoms with E-state index in [4.69, 9.17) is 0 Å². The van der Waals surface area contributed by atoms with Gasteiger partial charge in [-0.15, -0.1) is 10.2 Å². The second-order valence-corrected chi connectivity index (χ2v) is 6.03. The summed E-state index contributed by atoms with van der Waals surface area (Å²) in [7, 11) is 0. The van der Waals surface area contributed by atoms with Crippen LogP contribution in [0.2, 0.25) is 0 Å². The van der Waals surface area contributed by atoms with E-state index in [1.807, 2.05) is 28.8 Å². The van der Waals surface area contributed by atoms with Crippen molar-refractivity contribution in [1.29, 1.82) is 0 Å². The summed E-state index contributed by atoms with van der Waals surface area (Å²) in [4.78, 5) is 14.4. The molecule has 1 saturated heterocycles. The fraction of sp³-hybridized carbons (Fsp3) is 0.211. The number of carbonyl (C=O) groups is 1. The molecule has 25 heavy (non-hydrogen) atoms. The van der Waals surface area contributed by atoms with Gasteiger partial charge in [0.25, 0.3) is 0 Å². The summed E-state index contributed by atoms with van der Waals surface area (Å²) in [6.45, 7) is 0.660. The molecule has 3 aromatic rings. The summed E-state index contributed by atoms with van der Waals surface area (Å²) < 4.78 is 15.6. The highest BCUT2D eigenvalue weighted by Crippen LogP contribution is 2.31. The molecule has 0 N–H and O–H groups in total. The average molecular weight is 336 g/mol. The Balaban J connectivity index is 1.59. The van der Waals surface area contributed by atoms with E-state index in [2.05, 4.69) is 10.2 Å². The third-order valence-corrected chi connectivity index (χ3v) is 4.48. The summed E-state index contributed by atoms with van der Waals surface area (Å²) in [5.41, 5.74) is 1.17. The Hall–Kier alpha value is -3.02. The van der Waals surface area contributed by atoms with Crippen molar-refractivity contribution in [3.05, 3.63) is 71.9 Å². The maximum atomic E-state index is 13.7. The number of aromatic nitrogens is 3. The second-order valence-electron chi connectivity index (χ2n) is 6.03. The van der Waals surface area contributed by atoms with Crippen molar-refractivity contribution in [2.45, 2.75) is 18.9 Å². The van der Waals surface area contributed by atoms with Crippen molar-refractivity contribution in [2.75, 3.05) is 6.54 Å². The maximum Gasteiger partial charge on any atom is 0.247 e. The lowest BCUT2D eigenvalue weighted by Gasteiger charge is -2.22. The molecular weight excluding hydrogens is 319 g/mol. The fourth-order valence-corrected chi connectivity index (χ4v) is 3.25. The third-order valence-electron chi connectivity index (χ3n) is 4.48. The van der Waals surface area contributed by atoms with Crippen molar-refractivity contribution in [3.63, 3.8) is 0 Å². The van der Waals surface area contributed by atoms with Gasteiger partial charge in [-0.25, -0.2) is 4.39 Å². The lowest BCUT2D eigenvalue weighted by atomic mass is 10.2. The summed E-state index contributed by atoms with van der Waals surface area (Å²) in [6.07, 6.45) is 6.61. The second kappa shape index (κ2) is 6.47. The Morgan fingerprint density at radius 1 is 1.16 bits per heavy atom. The van der Waals surface area contributed by atoms with Gasteiger partial charge in [0, 0.05) is 24.4 Å². The normalized spacial score (nSPS) is 17.6. The zero-order valence-electron chi connectivity index (χ0n) is 13.5. The van der Waals surface area contributed by atoms with E-state index in [0.717, 1.165) is 24.3 Å². The molecule has 3 heterocycles. The minimum atomic E-state index is -0.340. The van der Waals surface area contributed by atoms with Gasteiger partial charge in [0.05, 0.1) is 6.04 Å². The number of benzene rings is 1. The van der Waals surface area contributed by atoms with Crippen LogP contribution in [0.5, 0.6) is 0 Å². The summed E-state index contributed by atoms with van der Waals surface area (Å²) in [6, 6.07) is 12.0. The molecule has 6 heteroatoms. The number of hydrogen-bond donors (Lipinski definition) is 0. The molecule has 0 saturated carbocycles. The van der Waals surface area contributed by atoms with Crippen molar-refractivity contribution >= 4 is 17.6 Å². The molecule has 1 aliphatic heterocycles. The van der Waals surface area contributed by atoms with Crippen molar-refractivity contribution in [3.8, 4) is 0 Å². The molecule has 0 spiro atoms. The van der Waals surface area contributed by atoms with Gasteiger partial charge in [-0.1, -0.05) is 24.3 Å². The predicted molar refractivity (Wildman–Crippen MR) is 92.1 cm³/mol. The van der Waals surface area contributed by atoms with Crippen molar-refractivity contribution < 1.29 is 9.18 Å². The lowest BCUT2D eigenvalue weighted by Crippen LogP contribution is -2.30. The number of amides is 1. The van der Waals surface area contributed by atoms with Crippen LogP contribution in [0.15, 0.2) is 54.7 Å². The van der Waals surface area contributed by atoms with E-state index in [9.17, 15) is 9.18 Å². The molecule has 1 atom stereocenters. The Bertz CT molecular complexity index is 949. The first-order valence-electron chi connectivity index (χ1n) is 8.27. The quantitative estimate of drug-likeness (QED) is 0.690. The van der Waals surface area contributed by atoms with E-state index in [0.29, 0.717) is 12.1 Å². The van der Waals surface area contributed by atoms with E-state index in [1.54, 1.807) is 23.1 Å². The number of rotatable bonds is 3. The first-order valence-corrected chi connectivity index (χ1v) is 8.27. The number of hydrogen-bond acceptors (Lipinski definition) is 3. The van der Waals surface area contributed by atoms with Gasteiger partial charge in [-0.05, 0) is 37.1 Å². The monoisotopic (exact) mass is 336 g/mol. The number of nitrogens with zero attached hydrogens (tertiary/aromatic N) is 4. The third kappa shape index (κ3) is 2.91. The molecule has 0 unspecified atom stereocenters. The number of fused-ring (bicyclic) bond motifs is 1. The van der Waals surface area contributed by atoms with Crippen molar-refractivity contribution in [1.82, 2.24) is 19.5 Å². The molecule has 4 rings (SSSR count). The average Bonchev–Trinajstić information content (AvgIpc) is 3.27. The Kier molecular flexibility index (Phi) is 4.01. The first-order chi connectivity index (χ1) is 12.2. The molecule has 0 aliphatic carbocycles. The molecule has 2 aromatic heterocycles. The van der Waals surface area contributed by atoms with Crippen LogP contribution >= 0.6 is 0 Å². The van der Waals surface area contributed by atoms with Crippen molar-refractivity contribution in [2.24, 2.45) is 0 Å². The van der Waals surface area contributed by atoms with E-state index < -0.39 is 0 Å². The maximum absolute atomic E-state index is 13.7. The van der Waals surface area contributed by atoms with Gasteiger partial charge in [-0.2, -0.15) is 0 Å². The van der Waals surface area contributed by atoms with Crippen LogP contribution in [-0.2, 0) is 4.79 Å². The number of carbonyl (C=O) groups excluding carboxylic acids is 1. The van der Waals surface area contributed by atoms with Crippen LogP contribution in [0.25, 0.3) is 11.7 Å². The van der Waals surface area contributed by atoms with E-state index >= 15 is 0 Å². The van der Waals surface area contributed by atoms with E-state index in [1.165, 1.54) is 18.2 Å². The van der Waals surface area contributed by atoms with Crippen LogP contribution in [0.4, 0.5) is 4.39 Å². The van der Waals surface area contributed by atoms with Crippen LogP contribution < -0.4 is 0 Å². The smallest absolute Gasteiger partial charge is 0.247 e. The standard InChI is InChI=1S/C19H17FN4O/c20-15-7-2-1-6-14(15)10-11-18(25)23-13-5-8-16(23)19-22-21-17-9-3-4-12-24(17)19/h1-4,6-7,9-12,16H,5,8,13H2/b11-10+/t16-/m1/s1. The topological polar surface area (TPSA) is 50.5 Å². The Morgan fingerprint density at radius 3 is 2.88 bits per heavy atom. The molecule has 5 nitrogen and oxygen atoms in total. The van der Waals surface area contributed by atoms with Crippen LogP contribution in [0.3, 0.4) is 0 Å².